The number of aromatic nitrogens is 1. The molecule has 0 amide bonds. The van der Waals surface area contributed by atoms with Crippen molar-refractivity contribution in [1.82, 2.24) is 4.98 Å². The molecule has 1 atom stereocenters. The van der Waals surface area contributed by atoms with Gasteiger partial charge in [-0.1, -0.05) is 61.7 Å². The van der Waals surface area contributed by atoms with Gasteiger partial charge in [0.2, 0.25) is 0 Å². The third-order valence-electron chi connectivity index (χ3n) is 5.96. The van der Waals surface area contributed by atoms with E-state index in [1.165, 1.54) is 0 Å². The van der Waals surface area contributed by atoms with Gasteiger partial charge in [0.15, 0.2) is 0 Å². The van der Waals surface area contributed by atoms with E-state index in [-0.39, 0.29) is 0 Å². The van der Waals surface area contributed by atoms with Crippen molar-refractivity contribution >= 4 is 12.2 Å². The Kier molecular flexibility index (Phi) is 5.25. The largest absolute Gasteiger partial charge is 0.497 e. The summed E-state index contributed by atoms with van der Waals surface area (Å²) in [5, 5.41) is 10.3. The van der Waals surface area contributed by atoms with Crippen LogP contribution in [-0.4, -0.2) is 12.1 Å². The van der Waals surface area contributed by atoms with Gasteiger partial charge in [0.05, 0.1) is 24.6 Å². The lowest BCUT2D eigenvalue weighted by atomic mass is 9.79. The van der Waals surface area contributed by atoms with Crippen molar-refractivity contribution in [3.05, 3.63) is 95.8 Å². The first-order valence-corrected chi connectivity index (χ1v) is 10.1. The molecule has 4 rings (SSSR count). The van der Waals surface area contributed by atoms with Crippen LogP contribution in [-0.2, 0) is 18.3 Å². The molecule has 1 aliphatic rings. The molecule has 0 radical (unpaired) electrons. The van der Waals surface area contributed by atoms with Crippen molar-refractivity contribution in [2.75, 3.05) is 7.11 Å². The molecule has 1 heterocycles. The van der Waals surface area contributed by atoms with Gasteiger partial charge < -0.3 is 4.74 Å². The summed E-state index contributed by atoms with van der Waals surface area (Å²) in [6, 6.07) is 20.8. The molecule has 0 fully saturated rings. The van der Waals surface area contributed by atoms with E-state index in [2.05, 4.69) is 43.5 Å². The fourth-order valence-corrected chi connectivity index (χ4v) is 4.47. The highest BCUT2D eigenvalue weighted by molar-refractivity contribution is 5.83. The number of ether oxygens (including phenoxy) is 1. The van der Waals surface area contributed by atoms with Gasteiger partial charge in [0, 0.05) is 5.56 Å². The van der Waals surface area contributed by atoms with Crippen LogP contribution in [0.25, 0.3) is 23.3 Å². The van der Waals surface area contributed by atoms with Crippen LogP contribution in [0, 0.1) is 11.3 Å². The molecule has 3 heteroatoms. The van der Waals surface area contributed by atoms with Crippen molar-refractivity contribution in [3.8, 4) is 22.9 Å². The molecule has 30 heavy (non-hydrogen) atoms. The third kappa shape index (κ3) is 3.21. The first-order chi connectivity index (χ1) is 14.7. The van der Waals surface area contributed by atoms with Gasteiger partial charge in [-0.05, 0) is 59.7 Å². The molecule has 0 bridgehead atoms. The predicted octanol–water partition coefficient (Wildman–Crippen LogP) is 5.99. The maximum Gasteiger partial charge on any atom is 0.118 e. The standard InChI is InChI=1S/C27H24N2O/c1-4-22-24(5-2)29-26-23(25(22)20-11-13-21(30-3)14-12-20)15-16-27(26,18-28)17-19-9-7-6-8-10-19/h4-14H,1-2,15-17H2,3H3. The Balaban J connectivity index is 1.94. The minimum absolute atomic E-state index is 0.643. The summed E-state index contributed by atoms with van der Waals surface area (Å²) < 4.78 is 5.32. The molecule has 1 aliphatic carbocycles. The van der Waals surface area contributed by atoms with E-state index in [0.717, 1.165) is 57.8 Å². The molecule has 3 nitrogen and oxygen atoms in total. The van der Waals surface area contributed by atoms with Gasteiger partial charge in [-0.15, -0.1) is 0 Å². The second kappa shape index (κ2) is 8.00. The van der Waals surface area contributed by atoms with E-state index in [0.29, 0.717) is 6.42 Å². The summed E-state index contributed by atoms with van der Waals surface area (Å²) in [5.41, 5.74) is 6.41. The lowest BCUT2D eigenvalue weighted by Crippen LogP contribution is -2.25. The normalized spacial score (nSPS) is 17.1. The Bertz CT molecular complexity index is 1140. The van der Waals surface area contributed by atoms with Crippen molar-refractivity contribution in [3.63, 3.8) is 0 Å². The Morgan fingerprint density at radius 1 is 1.10 bits per heavy atom. The Morgan fingerprint density at radius 2 is 1.83 bits per heavy atom. The highest BCUT2D eigenvalue weighted by atomic mass is 16.5. The van der Waals surface area contributed by atoms with Gasteiger partial charge in [-0.3, -0.25) is 4.98 Å². The van der Waals surface area contributed by atoms with Crippen LogP contribution in [0.2, 0.25) is 0 Å². The number of rotatable bonds is 6. The van der Waals surface area contributed by atoms with Crippen LogP contribution in [0.5, 0.6) is 5.75 Å². The van der Waals surface area contributed by atoms with Crippen molar-refractivity contribution in [1.29, 1.82) is 5.26 Å². The number of hydrogen-bond donors (Lipinski definition) is 0. The van der Waals surface area contributed by atoms with Gasteiger partial charge in [-0.25, -0.2) is 0 Å². The second-order valence-electron chi connectivity index (χ2n) is 7.61. The predicted molar refractivity (Wildman–Crippen MR) is 122 cm³/mol. The smallest absolute Gasteiger partial charge is 0.118 e. The Labute approximate surface area is 178 Å². The first kappa shape index (κ1) is 19.7. The number of nitrogens with zero attached hydrogens (tertiary/aromatic N) is 2. The molecular formula is C27H24N2O. The van der Waals surface area contributed by atoms with Crippen LogP contribution >= 0.6 is 0 Å². The molecule has 0 saturated carbocycles. The molecule has 1 unspecified atom stereocenters. The Morgan fingerprint density at radius 3 is 2.43 bits per heavy atom. The fourth-order valence-electron chi connectivity index (χ4n) is 4.47. The van der Waals surface area contributed by atoms with E-state index in [9.17, 15) is 5.26 Å². The van der Waals surface area contributed by atoms with Crippen molar-refractivity contribution < 1.29 is 4.74 Å². The number of fused-ring (bicyclic) bond motifs is 1. The van der Waals surface area contributed by atoms with Crippen LogP contribution in [0.4, 0.5) is 0 Å². The van der Waals surface area contributed by atoms with E-state index in [1.54, 1.807) is 13.2 Å². The summed E-state index contributed by atoms with van der Waals surface area (Å²) in [6.45, 7) is 8.00. The molecule has 0 aliphatic heterocycles. The molecular weight excluding hydrogens is 368 g/mol. The van der Waals surface area contributed by atoms with Crippen molar-refractivity contribution in [2.24, 2.45) is 0 Å². The molecule has 0 spiro atoms. The van der Waals surface area contributed by atoms with E-state index in [4.69, 9.17) is 9.72 Å². The van der Waals surface area contributed by atoms with Gasteiger partial charge in [-0.2, -0.15) is 5.26 Å². The molecule has 0 N–H and O–H groups in total. The summed E-state index contributed by atoms with van der Waals surface area (Å²) in [6.07, 6.45) is 5.81. The zero-order chi connectivity index (χ0) is 21.1. The highest BCUT2D eigenvalue weighted by Crippen LogP contribution is 2.46. The van der Waals surface area contributed by atoms with Crippen LogP contribution in [0.1, 0.15) is 34.5 Å². The maximum absolute atomic E-state index is 10.3. The van der Waals surface area contributed by atoms with E-state index >= 15 is 0 Å². The maximum atomic E-state index is 10.3. The first-order valence-electron chi connectivity index (χ1n) is 10.1. The summed E-state index contributed by atoms with van der Waals surface area (Å²) in [7, 11) is 1.66. The number of nitriles is 1. The lowest BCUT2D eigenvalue weighted by Gasteiger charge is -2.23. The second-order valence-corrected chi connectivity index (χ2v) is 7.61. The number of methoxy groups -OCH3 is 1. The van der Waals surface area contributed by atoms with E-state index in [1.807, 2.05) is 36.4 Å². The molecule has 0 saturated heterocycles. The number of pyridine rings is 1. The van der Waals surface area contributed by atoms with Crippen LogP contribution in [0.15, 0.2) is 67.8 Å². The zero-order valence-corrected chi connectivity index (χ0v) is 17.2. The van der Waals surface area contributed by atoms with Crippen molar-refractivity contribution in [2.45, 2.75) is 24.7 Å². The van der Waals surface area contributed by atoms with Crippen LogP contribution in [0.3, 0.4) is 0 Å². The number of hydrogen-bond acceptors (Lipinski definition) is 3. The SMILES string of the molecule is C=Cc1nc2c(c(-c3ccc(OC)cc3)c1C=C)CCC2(C#N)Cc1ccccc1. The molecule has 2 aromatic carbocycles. The topological polar surface area (TPSA) is 45.9 Å². The summed E-state index contributed by atoms with van der Waals surface area (Å²) in [4.78, 5) is 4.95. The van der Waals surface area contributed by atoms with Gasteiger partial charge in [0.1, 0.15) is 11.2 Å². The Hall–Kier alpha value is -3.64. The van der Waals surface area contributed by atoms with Gasteiger partial charge in [0.25, 0.3) is 0 Å². The minimum Gasteiger partial charge on any atom is -0.497 e. The quantitative estimate of drug-likeness (QED) is 0.517. The third-order valence-corrected chi connectivity index (χ3v) is 5.96. The summed E-state index contributed by atoms with van der Waals surface area (Å²) >= 11 is 0. The molecule has 3 aromatic rings. The zero-order valence-electron chi connectivity index (χ0n) is 17.2. The summed E-state index contributed by atoms with van der Waals surface area (Å²) in [5.74, 6) is 0.809. The van der Waals surface area contributed by atoms with Gasteiger partial charge >= 0.3 is 0 Å². The number of benzene rings is 2. The fraction of sp³-hybridized carbons (Fsp3) is 0.185. The molecule has 1 aromatic heterocycles. The molecule has 148 valence electrons. The average Bonchev–Trinajstić information content (AvgIpc) is 3.16. The monoisotopic (exact) mass is 392 g/mol. The minimum atomic E-state index is -0.643. The average molecular weight is 393 g/mol. The van der Waals surface area contributed by atoms with Crippen LogP contribution < -0.4 is 4.74 Å². The van der Waals surface area contributed by atoms with E-state index < -0.39 is 5.41 Å². The lowest BCUT2D eigenvalue weighted by molar-refractivity contribution is 0.415. The highest BCUT2D eigenvalue weighted by Gasteiger charge is 2.43.